The van der Waals surface area contributed by atoms with Crippen LogP contribution in [0, 0.1) is 0 Å². The Labute approximate surface area is 102 Å². The number of rotatable bonds is 4. The van der Waals surface area contributed by atoms with Crippen molar-refractivity contribution in [3.05, 3.63) is 28.8 Å². The number of ether oxygens (including phenoxy) is 1. The molecule has 3 nitrogen and oxygen atoms in total. The Morgan fingerprint density at radius 2 is 2.06 bits per heavy atom. The molecule has 17 heavy (non-hydrogen) atoms. The molecule has 0 aliphatic rings. The van der Waals surface area contributed by atoms with Gasteiger partial charge in [0.25, 0.3) is 0 Å². The lowest BCUT2D eigenvalue weighted by molar-refractivity contribution is -0.142. The molecule has 0 bridgehead atoms. The van der Waals surface area contributed by atoms with Crippen molar-refractivity contribution in [2.45, 2.75) is 25.9 Å². The van der Waals surface area contributed by atoms with Gasteiger partial charge in [0.1, 0.15) is 5.75 Å². The largest absolute Gasteiger partial charge is 0.481 e. The van der Waals surface area contributed by atoms with Crippen molar-refractivity contribution in [2.24, 2.45) is 0 Å². The van der Waals surface area contributed by atoms with E-state index in [0.29, 0.717) is 0 Å². The predicted octanol–water partition coefficient (Wildman–Crippen LogP) is 3.30. The fourth-order valence-corrected chi connectivity index (χ4v) is 1.48. The van der Waals surface area contributed by atoms with Crippen molar-refractivity contribution < 1.29 is 23.4 Å². The first-order valence-corrected chi connectivity index (χ1v) is 5.11. The van der Waals surface area contributed by atoms with Crippen molar-refractivity contribution in [3.63, 3.8) is 0 Å². The third-order valence-electron chi connectivity index (χ3n) is 2.37. The van der Waals surface area contributed by atoms with Crippen molar-refractivity contribution in [2.75, 3.05) is 0 Å². The highest BCUT2D eigenvalue weighted by molar-refractivity contribution is 6.30. The van der Waals surface area contributed by atoms with Gasteiger partial charge in [-0.1, -0.05) is 11.6 Å². The summed E-state index contributed by atoms with van der Waals surface area (Å²) in [5.74, 6) is -1.34. The molecule has 0 amide bonds. The van der Waals surface area contributed by atoms with Crippen molar-refractivity contribution in [1.82, 2.24) is 0 Å². The Morgan fingerprint density at radius 1 is 1.47 bits per heavy atom. The van der Waals surface area contributed by atoms with Crippen LogP contribution in [0.15, 0.2) is 18.2 Å². The summed E-state index contributed by atoms with van der Waals surface area (Å²) in [5, 5.41) is 9.32. The fraction of sp³-hybridized carbons (Fsp3) is 0.364. The van der Waals surface area contributed by atoms with E-state index < -0.39 is 18.0 Å². The van der Waals surface area contributed by atoms with Crippen molar-refractivity contribution in [3.8, 4) is 5.75 Å². The number of hydrogen-bond acceptors (Lipinski definition) is 2. The van der Waals surface area contributed by atoms with Crippen LogP contribution in [0.2, 0.25) is 5.02 Å². The number of aliphatic carboxylic acids is 1. The summed E-state index contributed by atoms with van der Waals surface area (Å²) in [6.07, 6.45) is 0. The second-order valence-corrected chi connectivity index (χ2v) is 4.39. The highest BCUT2D eigenvalue weighted by atomic mass is 35.5. The first-order valence-electron chi connectivity index (χ1n) is 4.73. The second kappa shape index (κ2) is 4.87. The summed E-state index contributed by atoms with van der Waals surface area (Å²) in [6, 6.07) is 3.91. The monoisotopic (exact) mass is 264 g/mol. The van der Waals surface area contributed by atoms with E-state index in [4.69, 9.17) is 16.7 Å². The lowest BCUT2D eigenvalue weighted by Crippen LogP contribution is -2.29. The van der Waals surface area contributed by atoms with Gasteiger partial charge in [-0.3, -0.25) is 4.79 Å². The molecule has 1 aromatic rings. The predicted molar refractivity (Wildman–Crippen MR) is 58.7 cm³/mol. The summed E-state index contributed by atoms with van der Waals surface area (Å²) in [5.41, 5.74) is -1.26. The third kappa shape index (κ3) is 3.06. The zero-order chi connectivity index (χ0) is 13.2. The smallest absolute Gasteiger partial charge is 0.387 e. The average molecular weight is 265 g/mol. The molecule has 0 heterocycles. The Morgan fingerprint density at radius 3 is 2.53 bits per heavy atom. The highest BCUT2D eigenvalue weighted by Crippen LogP contribution is 2.34. The lowest BCUT2D eigenvalue weighted by atomic mass is 9.84. The maximum absolute atomic E-state index is 12.2. The SMILES string of the molecule is CC(C)(C(=O)O)c1cc(Cl)ccc1OC(F)F. The number of benzene rings is 1. The molecule has 0 atom stereocenters. The van der Waals surface area contributed by atoms with Crippen molar-refractivity contribution >= 4 is 17.6 Å². The van der Waals surface area contributed by atoms with Gasteiger partial charge in [-0.15, -0.1) is 0 Å². The minimum absolute atomic E-state index is 0.109. The van der Waals surface area contributed by atoms with E-state index in [1.807, 2.05) is 0 Å². The first-order chi connectivity index (χ1) is 7.75. The van der Waals surface area contributed by atoms with E-state index in [9.17, 15) is 13.6 Å². The molecule has 0 unspecified atom stereocenters. The molecule has 0 spiro atoms. The lowest BCUT2D eigenvalue weighted by Gasteiger charge is -2.23. The molecule has 1 N–H and O–H groups in total. The van der Waals surface area contributed by atoms with E-state index in [-0.39, 0.29) is 16.3 Å². The Hall–Kier alpha value is -1.36. The van der Waals surface area contributed by atoms with Gasteiger partial charge in [0.05, 0.1) is 5.41 Å². The molecular formula is C11H11ClF2O3. The van der Waals surface area contributed by atoms with Crippen LogP contribution in [0.25, 0.3) is 0 Å². The summed E-state index contributed by atoms with van der Waals surface area (Å²) < 4.78 is 28.7. The van der Waals surface area contributed by atoms with E-state index >= 15 is 0 Å². The first kappa shape index (κ1) is 13.7. The number of hydrogen-bond donors (Lipinski definition) is 1. The number of halogens is 3. The molecule has 0 saturated carbocycles. The van der Waals surface area contributed by atoms with E-state index in [0.717, 1.165) is 0 Å². The minimum atomic E-state index is -3.01. The zero-order valence-electron chi connectivity index (χ0n) is 9.21. The van der Waals surface area contributed by atoms with E-state index in [1.54, 1.807) is 0 Å². The van der Waals surface area contributed by atoms with Crippen molar-refractivity contribution in [1.29, 1.82) is 0 Å². The van der Waals surface area contributed by atoms with Gasteiger partial charge in [0, 0.05) is 10.6 Å². The van der Waals surface area contributed by atoms with Gasteiger partial charge in [0.15, 0.2) is 0 Å². The Balaban J connectivity index is 3.29. The number of alkyl halides is 2. The van der Waals surface area contributed by atoms with Gasteiger partial charge >= 0.3 is 12.6 Å². The van der Waals surface area contributed by atoms with Gasteiger partial charge < -0.3 is 9.84 Å². The highest BCUT2D eigenvalue weighted by Gasteiger charge is 2.33. The second-order valence-electron chi connectivity index (χ2n) is 3.95. The molecule has 1 aromatic carbocycles. The van der Waals surface area contributed by atoms with Crippen LogP contribution in [0.1, 0.15) is 19.4 Å². The average Bonchev–Trinajstić information content (AvgIpc) is 2.19. The molecule has 6 heteroatoms. The van der Waals surface area contributed by atoms with Gasteiger partial charge in [0.2, 0.25) is 0 Å². The topological polar surface area (TPSA) is 46.5 Å². The third-order valence-corrected chi connectivity index (χ3v) is 2.60. The van der Waals surface area contributed by atoms with Crippen LogP contribution in [-0.4, -0.2) is 17.7 Å². The van der Waals surface area contributed by atoms with Crippen LogP contribution in [-0.2, 0) is 10.2 Å². The molecule has 1 rings (SSSR count). The van der Waals surface area contributed by atoms with Crippen LogP contribution in [0.4, 0.5) is 8.78 Å². The van der Waals surface area contributed by atoms with Crippen LogP contribution < -0.4 is 4.74 Å². The summed E-state index contributed by atoms with van der Waals surface area (Å²) >= 11 is 5.73. The Bertz CT molecular complexity index is 433. The molecule has 0 aliphatic carbocycles. The summed E-state index contributed by atoms with van der Waals surface area (Å²) in [4.78, 5) is 11.1. The van der Waals surface area contributed by atoms with E-state index in [1.165, 1.54) is 32.0 Å². The molecular weight excluding hydrogens is 254 g/mol. The number of carboxylic acids is 1. The minimum Gasteiger partial charge on any atom is -0.481 e. The maximum Gasteiger partial charge on any atom is 0.387 e. The zero-order valence-corrected chi connectivity index (χ0v) is 9.96. The van der Waals surface area contributed by atoms with Gasteiger partial charge in [-0.05, 0) is 32.0 Å². The van der Waals surface area contributed by atoms with E-state index in [2.05, 4.69) is 4.74 Å². The van der Waals surface area contributed by atoms with Crippen LogP contribution >= 0.6 is 11.6 Å². The van der Waals surface area contributed by atoms with Crippen LogP contribution in [0.5, 0.6) is 5.75 Å². The maximum atomic E-state index is 12.2. The molecule has 0 aliphatic heterocycles. The molecule has 94 valence electrons. The molecule has 0 radical (unpaired) electrons. The number of carbonyl (C=O) groups is 1. The summed E-state index contributed by atoms with van der Waals surface area (Å²) in [7, 11) is 0. The van der Waals surface area contributed by atoms with Crippen LogP contribution in [0.3, 0.4) is 0 Å². The standard InChI is InChI=1S/C11H11ClF2O3/c1-11(2,9(15)16)7-5-6(12)3-4-8(7)17-10(13)14/h3-5,10H,1-2H3,(H,15,16). The fourth-order valence-electron chi connectivity index (χ4n) is 1.30. The Kier molecular flexibility index (Phi) is 3.93. The molecule has 0 aromatic heterocycles. The molecule has 0 fully saturated rings. The quantitative estimate of drug-likeness (QED) is 0.908. The van der Waals surface area contributed by atoms with Gasteiger partial charge in [-0.2, -0.15) is 8.78 Å². The normalized spacial score (nSPS) is 11.6. The number of carboxylic acid groups (broad SMARTS) is 1. The molecule has 0 saturated heterocycles. The van der Waals surface area contributed by atoms with Gasteiger partial charge in [-0.25, -0.2) is 0 Å². The summed E-state index contributed by atoms with van der Waals surface area (Å²) in [6.45, 7) is -0.238.